The van der Waals surface area contributed by atoms with E-state index >= 15 is 0 Å². The van der Waals surface area contributed by atoms with Gasteiger partial charge in [-0.05, 0) is 44.0 Å². The van der Waals surface area contributed by atoms with Gasteiger partial charge in [-0.25, -0.2) is 9.38 Å². The van der Waals surface area contributed by atoms with E-state index in [2.05, 4.69) is 36.9 Å². The summed E-state index contributed by atoms with van der Waals surface area (Å²) in [5, 5.41) is 0. The number of furan rings is 1. The van der Waals surface area contributed by atoms with Crippen molar-refractivity contribution < 1.29 is 8.81 Å². The van der Waals surface area contributed by atoms with Crippen molar-refractivity contribution in [2.45, 2.75) is 0 Å². The minimum absolute atomic E-state index is 0.283. The largest absolute Gasteiger partial charge is 0.447 e. The van der Waals surface area contributed by atoms with Gasteiger partial charge in [-0.15, -0.1) is 0 Å². The van der Waals surface area contributed by atoms with E-state index in [-0.39, 0.29) is 11.5 Å². The summed E-state index contributed by atoms with van der Waals surface area (Å²) in [4.78, 5) is 4.00. The predicted molar refractivity (Wildman–Crippen MR) is 67.8 cm³/mol. The van der Waals surface area contributed by atoms with E-state index in [1.165, 1.54) is 12.3 Å². The molecule has 0 radical (unpaired) electrons. The fourth-order valence-electron chi connectivity index (χ4n) is 1.12. The molecule has 1 aromatic carbocycles. The van der Waals surface area contributed by atoms with Gasteiger partial charge in [-0.2, -0.15) is 0 Å². The number of hydrogen-bond acceptors (Lipinski definition) is 2. The van der Waals surface area contributed by atoms with Gasteiger partial charge < -0.3 is 4.42 Å². The van der Waals surface area contributed by atoms with E-state index in [0.717, 1.165) is 4.47 Å². The molecule has 0 atom stereocenters. The molecular weight excluding hydrogens is 341 g/mol. The summed E-state index contributed by atoms with van der Waals surface area (Å²) in [6, 6.07) is 8.05. The van der Waals surface area contributed by atoms with Crippen LogP contribution in [-0.2, 0) is 0 Å². The molecule has 0 spiro atoms. The molecule has 0 amide bonds. The Morgan fingerprint density at radius 1 is 1.25 bits per heavy atom. The maximum atomic E-state index is 13.2. The Bertz CT molecular complexity index is 517. The first kappa shape index (κ1) is 11.5. The summed E-state index contributed by atoms with van der Waals surface area (Å²) >= 11 is 6.49. The Hall–Kier alpha value is -0.940. The van der Waals surface area contributed by atoms with Gasteiger partial charge in [0.1, 0.15) is 11.6 Å². The molecular formula is C11H6Br2FNO. The van der Waals surface area contributed by atoms with Crippen LogP contribution in [0.1, 0.15) is 5.76 Å². The molecule has 1 aromatic heterocycles. The summed E-state index contributed by atoms with van der Waals surface area (Å²) in [5.74, 6) is 0.186. The zero-order valence-corrected chi connectivity index (χ0v) is 11.1. The zero-order valence-electron chi connectivity index (χ0n) is 7.95. The zero-order chi connectivity index (χ0) is 11.5. The first-order valence-electron chi connectivity index (χ1n) is 4.40. The molecule has 0 fully saturated rings. The topological polar surface area (TPSA) is 25.5 Å². The van der Waals surface area contributed by atoms with Crippen molar-refractivity contribution in [2.75, 3.05) is 0 Å². The average molecular weight is 347 g/mol. The Morgan fingerprint density at radius 3 is 2.62 bits per heavy atom. The lowest BCUT2D eigenvalue weighted by Gasteiger charge is -1.93. The fourth-order valence-corrected chi connectivity index (χ4v) is 1.72. The Balaban J connectivity index is 2.25. The smallest absolute Gasteiger partial charge is 0.184 e. The third kappa shape index (κ3) is 2.59. The second-order valence-corrected chi connectivity index (χ2v) is 4.55. The highest BCUT2D eigenvalue weighted by Crippen LogP contribution is 2.26. The second-order valence-electron chi connectivity index (χ2n) is 2.98. The van der Waals surface area contributed by atoms with E-state index in [0.29, 0.717) is 10.4 Å². The monoisotopic (exact) mass is 345 g/mol. The maximum Gasteiger partial charge on any atom is 0.184 e. The van der Waals surface area contributed by atoms with E-state index in [1.54, 1.807) is 24.3 Å². The highest BCUT2D eigenvalue weighted by molar-refractivity contribution is 9.13. The van der Waals surface area contributed by atoms with Crippen LogP contribution in [0.3, 0.4) is 0 Å². The fraction of sp³-hybridized carbons (Fsp3) is 0. The quantitative estimate of drug-likeness (QED) is 0.724. The lowest BCUT2D eigenvalue weighted by atomic mass is 10.3. The van der Waals surface area contributed by atoms with Gasteiger partial charge in [0.2, 0.25) is 0 Å². The molecule has 0 unspecified atom stereocenters. The van der Waals surface area contributed by atoms with Crippen LogP contribution in [0.15, 0.2) is 48.9 Å². The van der Waals surface area contributed by atoms with Gasteiger partial charge in [0.15, 0.2) is 4.67 Å². The van der Waals surface area contributed by atoms with Crippen molar-refractivity contribution >= 4 is 43.8 Å². The third-order valence-corrected chi connectivity index (χ3v) is 3.56. The van der Waals surface area contributed by atoms with Gasteiger partial charge >= 0.3 is 0 Å². The first-order chi connectivity index (χ1) is 7.66. The number of rotatable bonds is 2. The number of para-hydroxylation sites is 1. The molecule has 82 valence electrons. The highest BCUT2D eigenvalue weighted by Gasteiger charge is 2.04. The van der Waals surface area contributed by atoms with Crippen LogP contribution in [0.4, 0.5) is 10.1 Å². The lowest BCUT2D eigenvalue weighted by molar-refractivity contribution is 0.533. The Labute approximate surface area is 108 Å². The van der Waals surface area contributed by atoms with Crippen LogP contribution in [-0.4, -0.2) is 6.21 Å². The van der Waals surface area contributed by atoms with Crippen LogP contribution < -0.4 is 0 Å². The lowest BCUT2D eigenvalue weighted by Crippen LogP contribution is -1.77. The van der Waals surface area contributed by atoms with Crippen molar-refractivity contribution in [3.63, 3.8) is 0 Å². The number of aliphatic imine (C=N–C) groups is 1. The molecule has 2 rings (SSSR count). The summed E-state index contributed by atoms with van der Waals surface area (Å²) in [5.41, 5.74) is 0.283. The molecule has 0 saturated heterocycles. The van der Waals surface area contributed by atoms with E-state index in [1.807, 2.05) is 0 Å². The molecule has 0 saturated carbocycles. The van der Waals surface area contributed by atoms with Gasteiger partial charge in [0.05, 0.1) is 16.4 Å². The number of hydrogen-bond donors (Lipinski definition) is 0. The molecule has 0 aliphatic heterocycles. The third-order valence-electron chi connectivity index (χ3n) is 1.85. The SMILES string of the molecule is Fc1ccccc1N=Cc1cc(Br)c(Br)o1. The highest BCUT2D eigenvalue weighted by atomic mass is 79.9. The molecule has 5 heteroatoms. The maximum absolute atomic E-state index is 13.2. The average Bonchev–Trinajstić information content (AvgIpc) is 2.57. The van der Waals surface area contributed by atoms with Crippen molar-refractivity contribution in [3.8, 4) is 0 Å². The van der Waals surface area contributed by atoms with Crippen LogP contribution in [0.2, 0.25) is 0 Å². The van der Waals surface area contributed by atoms with E-state index in [4.69, 9.17) is 4.42 Å². The van der Waals surface area contributed by atoms with Gasteiger partial charge in [-0.3, -0.25) is 0 Å². The molecule has 0 aliphatic rings. The minimum atomic E-state index is -0.358. The van der Waals surface area contributed by atoms with E-state index < -0.39 is 0 Å². The summed E-state index contributed by atoms with van der Waals surface area (Å²) < 4.78 is 19.9. The van der Waals surface area contributed by atoms with Crippen LogP contribution >= 0.6 is 31.9 Å². The van der Waals surface area contributed by atoms with Crippen molar-refractivity contribution in [1.29, 1.82) is 0 Å². The van der Waals surface area contributed by atoms with Crippen LogP contribution in [0, 0.1) is 5.82 Å². The van der Waals surface area contributed by atoms with Crippen LogP contribution in [0.25, 0.3) is 0 Å². The predicted octanol–water partition coefficient (Wildman–Crippen LogP) is 4.69. The molecule has 1 heterocycles. The number of halogens is 3. The first-order valence-corrected chi connectivity index (χ1v) is 5.99. The second kappa shape index (κ2) is 4.93. The molecule has 2 aromatic rings. The summed E-state index contributed by atoms with van der Waals surface area (Å²) in [6.45, 7) is 0. The minimum Gasteiger partial charge on any atom is -0.447 e. The standard InChI is InChI=1S/C11H6Br2FNO/c12-8-5-7(16-11(8)13)6-15-10-4-2-1-3-9(10)14/h1-6H. The summed E-state index contributed by atoms with van der Waals surface area (Å²) in [6.07, 6.45) is 1.47. The molecule has 2 nitrogen and oxygen atoms in total. The Morgan fingerprint density at radius 2 is 2.00 bits per heavy atom. The molecule has 0 bridgehead atoms. The summed E-state index contributed by atoms with van der Waals surface area (Å²) in [7, 11) is 0. The van der Waals surface area contributed by atoms with Crippen molar-refractivity contribution in [1.82, 2.24) is 0 Å². The molecule has 0 N–H and O–H groups in total. The van der Waals surface area contributed by atoms with Gasteiger partial charge in [-0.1, -0.05) is 12.1 Å². The number of benzene rings is 1. The Kier molecular flexibility index (Phi) is 3.56. The van der Waals surface area contributed by atoms with E-state index in [9.17, 15) is 4.39 Å². The van der Waals surface area contributed by atoms with Crippen molar-refractivity contribution in [2.24, 2.45) is 4.99 Å². The number of nitrogens with zero attached hydrogens (tertiary/aromatic N) is 1. The van der Waals surface area contributed by atoms with Crippen molar-refractivity contribution in [3.05, 3.63) is 51.1 Å². The van der Waals surface area contributed by atoms with Gasteiger partial charge in [0.25, 0.3) is 0 Å². The normalized spacial score (nSPS) is 11.2. The molecule has 0 aliphatic carbocycles. The van der Waals surface area contributed by atoms with Gasteiger partial charge in [0, 0.05) is 6.07 Å². The van der Waals surface area contributed by atoms with Crippen LogP contribution in [0.5, 0.6) is 0 Å². The molecule has 16 heavy (non-hydrogen) atoms.